The molecule has 0 aliphatic heterocycles. The van der Waals surface area contributed by atoms with E-state index in [0.29, 0.717) is 12.8 Å². The van der Waals surface area contributed by atoms with Crippen molar-refractivity contribution in [3.8, 4) is 0 Å². The molecule has 0 aliphatic rings. The van der Waals surface area contributed by atoms with Crippen molar-refractivity contribution in [3.63, 3.8) is 0 Å². The highest BCUT2D eigenvalue weighted by molar-refractivity contribution is 5.72. The molecular formula is C73H126O6. The van der Waals surface area contributed by atoms with E-state index in [2.05, 4.69) is 106 Å². The monoisotopic (exact) mass is 1100 g/mol. The molecule has 0 aromatic heterocycles. The largest absolute Gasteiger partial charge is 0.462 e. The van der Waals surface area contributed by atoms with E-state index < -0.39 is 12.1 Å². The third-order valence-electron chi connectivity index (χ3n) is 14.6. The molecule has 0 spiro atoms. The highest BCUT2D eigenvalue weighted by atomic mass is 16.6. The first-order chi connectivity index (χ1) is 39.0. The first-order valence-corrected chi connectivity index (χ1v) is 33.7. The van der Waals surface area contributed by atoms with E-state index in [0.717, 1.165) is 83.5 Å². The number of esters is 3. The van der Waals surface area contributed by atoms with Crippen LogP contribution in [0.2, 0.25) is 0 Å². The van der Waals surface area contributed by atoms with Gasteiger partial charge in [-0.2, -0.15) is 0 Å². The molecule has 0 aromatic carbocycles. The molecule has 0 saturated heterocycles. The first kappa shape index (κ1) is 75.3. The van der Waals surface area contributed by atoms with Crippen molar-refractivity contribution < 1.29 is 28.6 Å². The molecule has 1 unspecified atom stereocenters. The number of unbranched alkanes of at least 4 members (excludes halogenated alkanes) is 35. The number of hydrogen-bond acceptors (Lipinski definition) is 6. The Labute approximate surface area is 489 Å². The van der Waals surface area contributed by atoms with Gasteiger partial charge in [0.05, 0.1) is 6.42 Å². The molecule has 6 nitrogen and oxygen atoms in total. The number of allylic oxidation sites excluding steroid dienone is 15. The van der Waals surface area contributed by atoms with Crippen LogP contribution in [0.1, 0.15) is 329 Å². The van der Waals surface area contributed by atoms with E-state index in [1.165, 1.54) is 205 Å². The number of ether oxygens (including phenoxy) is 3. The van der Waals surface area contributed by atoms with Crippen molar-refractivity contribution >= 4 is 17.9 Å². The van der Waals surface area contributed by atoms with E-state index in [4.69, 9.17) is 14.2 Å². The predicted octanol–water partition coefficient (Wildman–Crippen LogP) is 23.2. The summed E-state index contributed by atoms with van der Waals surface area (Å²) in [4.78, 5) is 38.3. The predicted molar refractivity (Wildman–Crippen MR) is 344 cm³/mol. The van der Waals surface area contributed by atoms with Gasteiger partial charge in [-0.3, -0.25) is 14.4 Å². The van der Waals surface area contributed by atoms with Gasteiger partial charge in [0, 0.05) is 12.8 Å². The molecule has 0 amide bonds. The molecule has 0 fully saturated rings. The van der Waals surface area contributed by atoms with Gasteiger partial charge < -0.3 is 14.2 Å². The number of rotatable bonds is 61. The Morgan fingerprint density at radius 1 is 0.278 bits per heavy atom. The Kier molecular flexibility index (Phi) is 63.7. The smallest absolute Gasteiger partial charge is 0.309 e. The Morgan fingerprint density at radius 3 is 0.924 bits per heavy atom. The summed E-state index contributed by atoms with van der Waals surface area (Å²) in [6.07, 6.45) is 90.3. The van der Waals surface area contributed by atoms with Crippen molar-refractivity contribution in [2.45, 2.75) is 335 Å². The molecule has 0 radical (unpaired) electrons. The maximum atomic E-state index is 12.9. The molecule has 0 heterocycles. The van der Waals surface area contributed by atoms with Gasteiger partial charge in [-0.05, 0) is 103 Å². The summed E-state index contributed by atoms with van der Waals surface area (Å²) in [7, 11) is 0. The second-order valence-electron chi connectivity index (χ2n) is 22.4. The summed E-state index contributed by atoms with van der Waals surface area (Å²) in [6, 6.07) is 0. The van der Waals surface area contributed by atoms with Crippen LogP contribution in [0.4, 0.5) is 0 Å². The zero-order valence-corrected chi connectivity index (χ0v) is 52.1. The lowest BCUT2D eigenvalue weighted by Crippen LogP contribution is -2.30. The van der Waals surface area contributed by atoms with Crippen molar-refractivity contribution in [1.29, 1.82) is 0 Å². The Morgan fingerprint density at radius 2 is 0.544 bits per heavy atom. The lowest BCUT2D eigenvalue weighted by molar-refractivity contribution is -0.166. The van der Waals surface area contributed by atoms with Gasteiger partial charge in [-0.1, -0.05) is 304 Å². The fourth-order valence-electron chi connectivity index (χ4n) is 9.54. The fraction of sp³-hybridized carbons (Fsp3) is 0.740. The molecule has 0 rings (SSSR count). The van der Waals surface area contributed by atoms with Gasteiger partial charge in [0.15, 0.2) is 6.10 Å². The average molecular weight is 1100 g/mol. The fourth-order valence-corrected chi connectivity index (χ4v) is 9.54. The van der Waals surface area contributed by atoms with Gasteiger partial charge in [0.2, 0.25) is 0 Å². The normalized spacial score (nSPS) is 12.7. The van der Waals surface area contributed by atoms with Crippen LogP contribution < -0.4 is 0 Å². The van der Waals surface area contributed by atoms with Gasteiger partial charge >= 0.3 is 17.9 Å². The number of hydrogen-bond donors (Lipinski definition) is 0. The summed E-state index contributed by atoms with van der Waals surface area (Å²) >= 11 is 0. The second-order valence-corrected chi connectivity index (χ2v) is 22.4. The zero-order chi connectivity index (χ0) is 57.1. The van der Waals surface area contributed by atoms with Crippen LogP contribution in [0.25, 0.3) is 0 Å². The van der Waals surface area contributed by atoms with Gasteiger partial charge in [0.1, 0.15) is 13.2 Å². The van der Waals surface area contributed by atoms with E-state index in [1.807, 2.05) is 6.08 Å². The van der Waals surface area contributed by atoms with Gasteiger partial charge in [0.25, 0.3) is 0 Å². The molecule has 0 bridgehead atoms. The first-order valence-electron chi connectivity index (χ1n) is 33.7. The minimum absolute atomic E-state index is 0.109. The van der Waals surface area contributed by atoms with Crippen LogP contribution in [0.15, 0.2) is 97.2 Å². The Balaban J connectivity index is 4.30. The molecule has 0 saturated carbocycles. The van der Waals surface area contributed by atoms with Crippen LogP contribution in [0, 0.1) is 0 Å². The molecular weight excluding hydrogens is 973 g/mol. The van der Waals surface area contributed by atoms with Crippen LogP contribution in [-0.2, 0) is 28.6 Å². The average Bonchev–Trinajstić information content (AvgIpc) is 3.45. The van der Waals surface area contributed by atoms with E-state index >= 15 is 0 Å². The van der Waals surface area contributed by atoms with Crippen molar-refractivity contribution in [2.24, 2.45) is 0 Å². The molecule has 0 N–H and O–H groups in total. The maximum absolute atomic E-state index is 12.9. The standard InChI is InChI=1S/C73H126O6/c1-4-7-10-13-16-19-22-25-28-30-31-32-33-34-35-36-37-38-39-40-41-43-45-48-51-54-57-60-63-66-72(75)78-69-70(68-77-71(74)65-62-59-56-53-50-47-44-27-24-21-18-15-12-9-6-3)79-73(76)67-64-61-58-55-52-49-46-42-29-26-23-20-17-14-11-8-5-2/h9,12,17-18,20-21,26-27,29-31,44,50,53,59,62,70H,4-8,10-11,13-16,19,22-25,28,32-43,45-49,51-52,54-58,60-61,63-69H2,1-3H3/b12-9-,20-17-,21-18-,29-26-,31-30-,44-27-,53-50-,62-59-. The lowest BCUT2D eigenvalue weighted by atomic mass is 10.0. The van der Waals surface area contributed by atoms with Crippen LogP contribution in [-0.4, -0.2) is 37.2 Å². The minimum Gasteiger partial charge on any atom is -0.462 e. The highest BCUT2D eigenvalue weighted by Crippen LogP contribution is 2.17. The Hall–Kier alpha value is -3.67. The molecule has 1 atom stereocenters. The van der Waals surface area contributed by atoms with Crippen LogP contribution >= 0.6 is 0 Å². The summed E-state index contributed by atoms with van der Waals surface area (Å²) < 4.78 is 16.8. The molecule has 6 heteroatoms. The zero-order valence-electron chi connectivity index (χ0n) is 52.1. The number of carbonyl (C=O) groups excluding carboxylic acids is 3. The highest BCUT2D eigenvalue weighted by Gasteiger charge is 2.19. The molecule has 454 valence electrons. The summed E-state index contributed by atoms with van der Waals surface area (Å²) in [5.74, 6) is -1.04. The molecule has 79 heavy (non-hydrogen) atoms. The lowest BCUT2D eigenvalue weighted by Gasteiger charge is -2.18. The van der Waals surface area contributed by atoms with Gasteiger partial charge in [-0.15, -0.1) is 0 Å². The minimum atomic E-state index is -0.823. The van der Waals surface area contributed by atoms with Crippen molar-refractivity contribution in [1.82, 2.24) is 0 Å². The second kappa shape index (κ2) is 66.8. The van der Waals surface area contributed by atoms with E-state index in [-0.39, 0.29) is 31.6 Å². The third-order valence-corrected chi connectivity index (χ3v) is 14.6. The van der Waals surface area contributed by atoms with Crippen molar-refractivity contribution in [2.75, 3.05) is 13.2 Å². The maximum Gasteiger partial charge on any atom is 0.309 e. The number of carbonyl (C=O) groups is 3. The quantitative estimate of drug-likeness (QED) is 0.0261. The summed E-state index contributed by atoms with van der Waals surface area (Å²) in [5.41, 5.74) is 0. The van der Waals surface area contributed by atoms with Crippen LogP contribution in [0.3, 0.4) is 0 Å². The third kappa shape index (κ3) is 65.0. The Bertz CT molecular complexity index is 1540. The SMILES string of the molecule is CC/C=C\C/C=C\C/C=C\C/C=C\C/C=C\CC(=O)OCC(COC(=O)CCCCCCCCCCCCCCCCCCC/C=C\CCCCCCCCCC)OC(=O)CCCCCCCCC/C=C\C/C=C\CCCCC. The molecule has 0 aliphatic carbocycles. The van der Waals surface area contributed by atoms with E-state index in [9.17, 15) is 14.4 Å². The topological polar surface area (TPSA) is 78.9 Å². The van der Waals surface area contributed by atoms with Gasteiger partial charge in [-0.25, -0.2) is 0 Å². The summed E-state index contributed by atoms with van der Waals surface area (Å²) in [5, 5.41) is 0. The van der Waals surface area contributed by atoms with Crippen molar-refractivity contribution in [3.05, 3.63) is 97.2 Å². The summed E-state index contributed by atoms with van der Waals surface area (Å²) in [6.45, 7) is 6.44. The van der Waals surface area contributed by atoms with E-state index in [1.54, 1.807) is 6.08 Å². The van der Waals surface area contributed by atoms with Crippen LogP contribution in [0.5, 0.6) is 0 Å². The molecule has 0 aromatic rings.